The van der Waals surface area contributed by atoms with Crippen LogP contribution in [-0.4, -0.2) is 42.4 Å². The molecular weight excluding hydrogens is 383 g/mol. The highest BCUT2D eigenvalue weighted by atomic mass is 32.1. The van der Waals surface area contributed by atoms with Crippen molar-refractivity contribution in [2.24, 2.45) is 0 Å². The molecular formula is C19H19FN4O3S. The molecule has 1 fully saturated rings. The summed E-state index contributed by atoms with van der Waals surface area (Å²) in [6.45, 7) is 2.48. The van der Waals surface area contributed by atoms with E-state index in [1.165, 1.54) is 6.07 Å². The molecule has 1 amide bonds. The van der Waals surface area contributed by atoms with Gasteiger partial charge in [0.25, 0.3) is 0 Å². The molecule has 2 aromatic heterocycles. The molecule has 1 aliphatic heterocycles. The molecule has 0 saturated carbocycles. The van der Waals surface area contributed by atoms with E-state index in [1.54, 1.807) is 23.5 Å². The molecule has 3 aromatic rings. The van der Waals surface area contributed by atoms with Crippen molar-refractivity contribution >= 4 is 28.6 Å². The van der Waals surface area contributed by atoms with Crippen LogP contribution >= 0.6 is 11.3 Å². The second-order valence-electron chi connectivity index (χ2n) is 6.33. The van der Waals surface area contributed by atoms with Crippen LogP contribution in [0.4, 0.5) is 15.8 Å². The summed E-state index contributed by atoms with van der Waals surface area (Å²) in [5, 5.41) is 14.5. The predicted octanol–water partition coefficient (Wildman–Crippen LogP) is 3.35. The lowest BCUT2D eigenvalue weighted by Gasteiger charge is -2.29. The maximum atomic E-state index is 14.4. The van der Waals surface area contributed by atoms with E-state index in [1.807, 2.05) is 21.7 Å². The van der Waals surface area contributed by atoms with Crippen molar-refractivity contribution in [1.29, 1.82) is 0 Å². The molecule has 1 saturated heterocycles. The number of hydrogen-bond acceptors (Lipinski definition) is 7. The van der Waals surface area contributed by atoms with Gasteiger partial charge in [0, 0.05) is 42.6 Å². The number of aromatic nitrogens is 2. The van der Waals surface area contributed by atoms with Crippen LogP contribution < -0.4 is 10.2 Å². The number of aryl methyl sites for hydroxylation is 1. The third-order valence-electron chi connectivity index (χ3n) is 4.38. The van der Waals surface area contributed by atoms with Crippen LogP contribution in [-0.2, 0) is 16.0 Å². The zero-order valence-electron chi connectivity index (χ0n) is 15.1. The third-order valence-corrected chi connectivity index (χ3v) is 5.07. The Bertz CT molecular complexity index is 939. The van der Waals surface area contributed by atoms with Crippen molar-refractivity contribution in [3.8, 4) is 11.5 Å². The number of nitrogens with zero attached hydrogens (tertiary/aromatic N) is 3. The van der Waals surface area contributed by atoms with E-state index >= 15 is 0 Å². The molecule has 0 atom stereocenters. The van der Waals surface area contributed by atoms with Crippen molar-refractivity contribution in [3.05, 3.63) is 46.7 Å². The van der Waals surface area contributed by atoms with Crippen LogP contribution in [0.2, 0.25) is 0 Å². The molecule has 4 rings (SSSR count). The Morgan fingerprint density at radius 3 is 2.86 bits per heavy atom. The number of carbonyl (C=O) groups excluding carboxylic acids is 1. The van der Waals surface area contributed by atoms with Gasteiger partial charge in [0.05, 0.1) is 18.9 Å². The fourth-order valence-corrected chi connectivity index (χ4v) is 3.58. The van der Waals surface area contributed by atoms with Gasteiger partial charge in [-0.05, 0) is 29.6 Å². The summed E-state index contributed by atoms with van der Waals surface area (Å²) in [7, 11) is 0. The number of ether oxygens (including phenoxy) is 1. The maximum Gasteiger partial charge on any atom is 0.248 e. The molecule has 0 spiro atoms. The lowest BCUT2D eigenvalue weighted by atomic mass is 10.2. The third kappa shape index (κ3) is 4.37. The Balaban J connectivity index is 1.32. The summed E-state index contributed by atoms with van der Waals surface area (Å²) in [4.78, 5) is 14.1. The van der Waals surface area contributed by atoms with E-state index in [9.17, 15) is 9.18 Å². The zero-order valence-corrected chi connectivity index (χ0v) is 15.9. The number of thiophene rings is 1. The first-order chi connectivity index (χ1) is 13.7. The van der Waals surface area contributed by atoms with Crippen LogP contribution in [0, 0.1) is 5.82 Å². The summed E-state index contributed by atoms with van der Waals surface area (Å²) in [5.41, 5.74) is 1.81. The number of benzene rings is 1. The molecule has 9 heteroatoms. The average molecular weight is 402 g/mol. The van der Waals surface area contributed by atoms with Crippen molar-refractivity contribution in [3.63, 3.8) is 0 Å². The minimum absolute atomic E-state index is 0.165. The topological polar surface area (TPSA) is 80.5 Å². The maximum absolute atomic E-state index is 14.4. The first-order valence-corrected chi connectivity index (χ1v) is 9.90. The first kappa shape index (κ1) is 18.6. The van der Waals surface area contributed by atoms with E-state index in [4.69, 9.17) is 9.15 Å². The second kappa shape index (κ2) is 8.49. The van der Waals surface area contributed by atoms with Crippen molar-refractivity contribution in [2.75, 3.05) is 36.5 Å². The molecule has 7 nitrogen and oxygen atoms in total. The summed E-state index contributed by atoms with van der Waals surface area (Å²) in [6.07, 6.45) is 0.482. The van der Waals surface area contributed by atoms with E-state index < -0.39 is 0 Å². The number of anilines is 2. The fraction of sp³-hybridized carbons (Fsp3) is 0.316. The molecule has 146 valence electrons. The molecule has 0 radical (unpaired) electrons. The van der Waals surface area contributed by atoms with Gasteiger partial charge in [-0.25, -0.2) is 4.39 Å². The standard InChI is InChI=1S/C19H19FN4O3S/c20-15-11-14(1-2-16(15)24-6-8-26-9-7-24)21-17(25)3-4-18-22-23-19(27-18)13-5-10-28-12-13/h1-2,5,10-12H,3-4,6-9H2,(H,21,25). The van der Waals surface area contributed by atoms with Gasteiger partial charge in [-0.3, -0.25) is 4.79 Å². The second-order valence-corrected chi connectivity index (χ2v) is 7.11. The molecule has 0 aliphatic carbocycles. The van der Waals surface area contributed by atoms with Gasteiger partial charge in [-0.2, -0.15) is 11.3 Å². The predicted molar refractivity (Wildman–Crippen MR) is 104 cm³/mol. The smallest absolute Gasteiger partial charge is 0.248 e. The SMILES string of the molecule is O=C(CCc1nnc(-c2ccsc2)o1)Nc1ccc(N2CCOCC2)c(F)c1. The minimum Gasteiger partial charge on any atom is -0.421 e. The number of morpholine rings is 1. The Labute approximate surface area is 165 Å². The van der Waals surface area contributed by atoms with Crippen LogP contribution in [0.3, 0.4) is 0 Å². The van der Waals surface area contributed by atoms with Gasteiger partial charge < -0.3 is 19.4 Å². The summed E-state index contributed by atoms with van der Waals surface area (Å²) < 4.78 is 25.3. The minimum atomic E-state index is -0.364. The van der Waals surface area contributed by atoms with E-state index in [2.05, 4.69) is 15.5 Å². The molecule has 1 aliphatic rings. The number of hydrogen-bond donors (Lipinski definition) is 1. The van der Waals surface area contributed by atoms with Gasteiger partial charge in [0.1, 0.15) is 5.82 Å². The summed E-state index contributed by atoms with van der Waals surface area (Å²) >= 11 is 1.54. The Morgan fingerprint density at radius 1 is 1.25 bits per heavy atom. The van der Waals surface area contributed by atoms with Gasteiger partial charge in [-0.15, -0.1) is 10.2 Å². The highest BCUT2D eigenvalue weighted by Crippen LogP contribution is 2.24. The summed E-state index contributed by atoms with van der Waals surface area (Å²) in [5.74, 6) is 0.230. The Morgan fingerprint density at radius 2 is 2.11 bits per heavy atom. The first-order valence-electron chi connectivity index (χ1n) is 8.96. The quantitative estimate of drug-likeness (QED) is 0.681. The molecule has 1 aromatic carbocycles. The molecule has 0 unspecified atom stereocenters. The number of nitrogens with one attached hydrogen (secondary N) is 1. The van der Waals surface area contributed by atoms with E-state index in [-0.39, 0.29) is 18.1 Å². The van der Waals surface area contributed by atoms with Gasteiger partial charge in [0.2, 0.25) is 17.7 Å². The number of carbonyl (C=O) groups is 1. The number of rotatable bonds is 6. The van der Waals surface area contributed by atoms with Crippen LogP contribution in [0.1, 0.15) is 12.3 Å². The monoisotopic (exact) mass is 402 g/mol. The number of halogens is 1. The lowest BCUT2D eigenvalue weighted by Crippen LogP contribution is -2.36. The lowest BCUT2D eigenvalue weighted by molar-refractivity contribution is -0.116. The highest BCUT2D eigenvalue weighted by molar-refractivity contribution is 7.08. The average Bonchev–Trinajstić information content (AvgIpc) is 3.39. The van der Waals surface area contributed by atoms with Gasteiger partial charge in [0.15, 0.2) is 0 Å². The van der Waals surface area contributed by atoms with E-state index in [0.717, 1.165) is 5.56 Å². The number of amides is 1. The molecule has 28 heavy (non-hydrogen) atoms. The zero-order chi connectivity index (χ0) is 19.3. The van der Waals surface area contributed by atoms with Gasteiger partial charge in [-0.1, -0.05) is 0 Å². The molecule has 1 N–H and O–H groups in total. The van der Waals surface area contributed by atoms with Crippen molar-refractivity contribution < 1.29 is 18.3 Å². The highest BCUT2D eigenvalue weighted by Gasteiger charge is 2.16. The van der Waals surface area contributed by atoms with Gasteiger partial charge >= 0.3 is 0 Å². The Kier molecular flexibility index (Phi) is 5.63. The summed E-state index contributed by atoms with van der Waals surface area (Å²) in [6, 6.07) is 6.61. The van der Waals surface area contributed by atoms with Crippen LogP contribution in [0.25, 0.3) is 11.5 Å². The molecule has 0 bridgehead atoms. The molecule has 3 heterocycles. The van der Waals surface area contributed by atoms with Crippen molar-refractivity contribution in [1.82, 2.24) is 10.2 Å². The Hall–Kier alpha value is -2.78. The van der Waals surface area contributed by atoms with Crippen LogP contribution in [0.15, 0.2) is 39.4 Å². The van der Waals surface area contributed by atoms with Crippen molar-refractivity contribution in [2.45, 2.75) is 12.8 Å². The van der Waals surface area contributed by atoms with E-state index in [0.29, 0.717) is 55.9 Å². The largest absolute Gasteiger partial charge is 0.421 e. The van der Waals surface area contributed by atoms with Crippen LogP contribution in [0.5, 0.6) is 0 Å². The fourth-order valence-electron chi connectivity index (χ4n) is 2.95. The normalized spacial score (nSPS) is 14.2.